The van der Waals surface area contributed by atoms with E-state index in [9.17, 15) is 0 Å². The molecule has 0 aliphatic carbocycles. The Morgan fingerprint density at radius 1 is 1.28 bits per heavy atom. The molecule has 2 heterocycles. The second kappa shape index (κ2) is 4.42. The lowest BCUT2D eigenvalue weighted by atomic mass is 10.1. The van der Waals surface area contributed by atoms with Crippen LogP contribution in [-0.4, -0.2) is 15.0 Å². The Balaban J connectivity index is 1.95. The van der Waals surface area contributed by atoms with E-state index in [1.807, 2.05) is 37.4 Å². The summed E-state index contributed by atoms with van der Waals surface area (Å²) >= 11 is 5.97. The molecule has 0 aliphatic heterocycles. The number of benzene rings is 1. The summed E-state index contributed by atoms with van der Waals surface area (Å²) in [5, 5.41) is 0.748. The standard InChI is InChI=1S/C14H12ClN3/c1-9-5-12-14(16-8-9)18-13(17-12)7-10-3-2-4-11(15)6-10/h2-6,8H,7H2,1H3,(H,16,17,18). The SMILES string of the molecule is Cc1cnc2nc(Cc3cccc(Cl)c3)[nH]c2c1. The fourth-order valence-corrected chi connectivity index (χ4v) is 2.19. The zero-order valence-corrected chi connectivity index (χ0v) is 10.7. The normalized spacial score (nSPS) is 11.0. The fraction of sp³-hybridized carbons (Fsp3) is 0.143. The Hall–Kier alpha value is -1.87. The first-order chi connectivity index (χ1) is 8.70. The van der Waals surface area contributed by atoms with Gasteiger partial charge in [-0.25, -0.2) is 9.97 Å². The van der Waals surface area contributed by atoms with E-state index in [0.29, 0.717) is 0 Å². The number of nitrogens with one attached hydrogen (secondary N) is 1. The number of pyridine rings is 1. The number of fused-ring (bicyclic) bond motifs is 1. The second-order valence-electron chi connectivity index (χ2n) is 4.37. The van der Waals surface area contributed by atoms with Crippen molar-refractivity contribution in [3.63, 3.8) is 0 Å². The molecular formula is C14H12ClN3. The van der Waals surface area contributed by atoms with Crippen molar-refractivity contribution in [3.8, 4) is 0 Å². The monoisotopic (exact) mass is 257 g/mol. The molecule has 1 aromatic carbocycles. The van der Waals surface area contributed by atoms with Crippen LogP contribution in [-0.2, 0) is 6.42 Å². The first-order valence-electron chi connectivity index (χ1n) is 5.76. The van der Waals surface area contributed by atoms with Crippen molar-refractivity contribution in [3.05, 3.63) is 58.5 Å². The zero-order valence-electron chi connectivity index (χ0n) is 9.94. The number of hydrogen-bond donors (Lipinski definition) is 1. The van der Waals surface area contributed by atoms with Gasteiger partial charge in [-0.1, -0.05) is 23.7 Å². The van der Waals surface area contributed by atoms with Gasteiger partial charge in [-0.15, -0.1) is 0 Å². The average molecular weight is 258 g/mol. The molecular weight excluding hydrogens is 246 g/mol. The number of rotatable bonds is 2. The summed E-state index contributed by atoms with van der Waals surface area (Å²) in [4.78, 5) is 12.0. The van der Waals surface area contributed by atoms with Gasteiger partial charge in [-0.2, -0.15) is 0 Å². The molecule has 1 N–H and O–H groups in total. The summed E-state index contributed by atoms with van der Waals surface area (Å²) in [5.41, 5.74) is 4.00. The highest BCUT2D eigenvalue weighted by Gasteiger charge is 2.05. The molecule has 18 heavy (non-hydrogen) atoms. The number of aryl methyl sites for hydroxylation is 1. The largest absolute Gasteiger partial charge is 0.340 e. The van der Waals surface area contributed by atoms with Crippen molar-refractivity contribution >= 4 is 22.8 Å². The molecule has 0 amide bonds. The van der Waals surface area contributed by atoms with Crippen molar-refractivity contribution in [1.82, 2.24) is 15.0 Å². The summed E-state index contributed by atoms with van der Waals surface area (Å²) < 4.78 is 0. The van der Waals surface area contributed by atoms with Gasteiger partial charge in [0.05, 0.1) is 5.52 Å². The Labute approximate surface area is 110 Å². The first-order valence-corrected chi connectivity index (χ1v) is 6.14. The smallest absolute Gasteiger partial charge is 0.177 e. The van der Waals surface area contributed by atoms with E-state index >= 15 is 0 Å². The maximum Gasteiger partial charge on any atom is 0.177 e. The van der Waals surface area contributed by atoms with Crippen molar-refractivity contribution in [2.45, 2.75) is 13.3 Å². The lowest BCUT2D eigenvalue weighted by molar-refractivity contribution is 1.03. The van der Waals surface area contributed by atoms with E-state index in [2.05, 4.69) is 21.0 Å². The van der Waals surface area contributed by atoms with Gasteiger partial charge in [0.2, 0.25) is 0 Å². The maximum absolute atomic E-state index is 5.97. The lowest BCUT2D eigenvalue weighted by Gasteiger charge is -1.98. The van der Waals surface area contributed by atoms with Crippen LogP contribution in [0.5, 0.6) is 0 Å². The minimum absolute atomic E-state index is 0.732. The molecule has 0 radical (unpaired) electrons. The van der Waals surface area contributed by atoms with Crippen molar-refractivity contribution in [2.24, 2.45) is 0 Å². The van der Waals surface area contributed by atoms with Crippen LogP contribution in [0.15, 0.2) is 36.5 Å². The number of halogens is 1. The van der Waals surface area contributed by atoms with Gasteiger partial charge in [-0.3, -0.25) is 0 Å². The maximum atomic E-state index is 5.97. The van der Waals surface area contributed by atoms with Crippen LogP contribution in [0, 0.1) is 6.92 Å². The quantitative estimate of drug-likeness (QED) is 0.763. The van der Waals surface area contributed by atoms with E-state index in [0.717, 1.165) is 39.6 Å². The third-order valence-electron chi connectivity index (χ3n) is 2.78. The summed E-state index contributed by atoms with van der Waals surface area (Å²) in [5.74, 6) is 0.908. The molecule has 0 aliphatic rings. The first kappa shape index (κ1) is 11.2. The van der Waals surface area contributed by atoms with Crippen LogP contribution in [0.25, 0.3) is 11.2 Å². The minimum atomic E-state index is 0.732. The van der Waals surface area contributed by atoms with Gasteiger partial charge in [0.25, 0.3) is 0 Å². The Morgan fingerprint density at radius 3 is 3.00 bits per heavy atom. The van der Waals surface area contributed by atoms with E-state index in [-0.39, 0.29) is 0 Å². The summed E-state index contributed by atoms with van der Waals surface area (Å²) in [6, 6.07) is 9.86. The van der Waals surface area contributed by atoms with Gasteiger partial charge < -0.3 is 4.98 Å². The third kappa shape index (κ3) is 2.22. The molecule has 0 unspecified atom stereocenters. The second-order valence-corrected chi connectivity index (χ2v) is 4.81. The molecule has 3 rings (SSSR count). The fourth-order valence-electron chi connectivity index (χ4n) is 1.98. The molecule has 0 atom stereocenters. The van der Waals surface area contributed by atoms with Crippen molar-refractivity contribution in [2.75, 3.05) is 0 Å². The Kier molecular flexibility index (Phi) is 2.76. The van der Waals surface area contributed by atoms with Crippen LogP contribution < -0.4 is 0 Å². The van der Waals surface area contributed by atoms with E-state index in [1.165, 1.54) is 0 Å². The highest BCUT2D eigenvalue weighted by atomic mass is 35.5. The van der Waals surface area contributed by atoms with Crippen molar-refractivity contribution in [1.29, 1.82) is 0 Å². The van der Waals surface area contributed by atoms with Crippen LogP contribution in [0.3, 0.4) is 0 Å². The third-order valence-corrected chi connectivity index (χ3v) is 3.02. The number of aromatic amines is 1. The number of H-pyrrole nitrogens is 1. The molecule has 4 heteroatoms. The van der Waals surface area contributed by atoms with E-state index < -0.39 is 0 Å². The molecule has 0 saturated carbocycles. The molecule has 0 saturated heterocycles. The summed E-state index contributed by atoms with van der Waals surface area (Å²) in [7, 11) is 0. The van der Waals surface area contributed by atoms with Gasteiger partial charge in [0.15, 0.2) is 5.65 Å². The number of imidazole rings is 1. The van der Waals surface area contributed by atoms with Crippen LogP contribution in [0.2, 0.25) is 5.02 Å². The highest BCUT2D eigenvalue weighted by Crippen LogP contribution is 2.16. The molecule has 0 bridgehead atoms. The summed E-state index contributed by atoms with van der Waals surface area (Å²) in [6.07, 6.45) is 2.56. The highest BCUT2D eigenvalue weighted by molar-refractivity contribution is 6.30. The molecule has 0 fully saturated rings. The van der Waals surface area contributed by atoms with Gasteiger partial charge in [0.1, 0.15) is 5.82 Å². The number of aromatic nitrogens is 3. The lowest BCUT2D eigenvalue weighted by Crippen LogP contribution is -1.90. The minimum Gasteiger partial charge on any atom is -0.340 e. The van der Waals surface area contributed by atoms with Crippen LogP contribution in [0.1, 0.15) is 17.0 Å². The molecule has 3 aromatic rings. The zero-order chi connectivity index (χ0) is 12.5. The van der Waals surface area contributed by atoms with Gasteiger partial charge >= 0.3 is 0 Å². The van der Waals surface area contributed by atoms with Crippen molar-refractivity contribution < 1.29 is 0 Å². The Morgan fingerprint density at radius 2 is 2.17 bits per heavy atom. The molecule has 2 aromatic heterocycles. The molecule has 0 spiro atoms. The number of nitrogens with zero attached hydrogens (tertiary/aromatic N) is 2. The topological polar surface area (TPSA) is 41.6 Å². The average Bonchev–Trinajstić information content (AvgIpc) is 2.70. The molecule has 3 nitrogen and oxygen atoms in total. The van der Waals surface area contributed by atoms with Gasteiger partial charge in [-0.05, 0) is 36.2 Å². The number of hydrogen-bond acceptors (Lipinski definition) is 2. The van der Waals surface area contributed by atoms with Crippen LogP contribution >= 0.6 is 11.6 Å². The van der Waals surface area contributed by atoms with E-state index in [4.69, 9.17) is 11.6 Å². The predicted molar refractivity (Wildman–Crippen MR) is 72.9 cm³/mol. The van der Waals surface area contributed by atoms with Gasteiger partial charge in [0, 0.05) is 17.6 Å². The summed E-state index contributed by atoms with van der Waals surface area (Å²) in [6.45, 7) is 2.02. The predicted octanol–water partition coefficient (Wildman–Crippen LogP) is 3.51. The van der Waals surface area contributed by atoms with E-state index in [1.54, 1.807) is 0 Å². The molecule has 90 valence electrons. The Bertz CT molecular complexity index is 703. The van der Waals surface area contributed by atoms with Crippen LogP contribution in [0.4, 0.5) is 0 Å².